The molecule has 0 radical (unpaired) electrons. The highest BCUT2D eigenvalue weighted by molar-refractivity contribution is 5.91. The van der Waals surface area contributed by atoms with Crippen LogP contribution in [0.3, 0.4) is 0 Å². The Morgan fingerprint density at radius 1 is 1.00 bits per heavy atom. The predicted octanol–water partition coefficient (Wildman–Crippen LogP) is 3.39. The number of aromatic hydroxyl groups is 1. The smallest absolute Gasteiger partial charge is 0.124 e. The van der Waals surface area contributed by atoms with Gasteiger partial charge in [0.15, 0.2) is 0 Å². The first-order chi connectivity index (χ1) is 9.84. The third-order valence-corrected chi connectivity index (χ3v) is 2.96. The van der Waals surface area contributed by atoms with Gasteiger partial charge in [-0.25, -0.2) is 0 Å². The molecular formula is C16H13N3O. The standard InChI is InChI=1S/C16H13N3O/c20-15-9-2-1-5-13(15)11-18-19-14-8-3-6-12-7-4-10-17-16(12)14/h1-11,19-20H/b18-11+. The van der Waals surface area contributed by atoms with Crippen LogP contribution in [0.4, 0.5) is 5.69 Å². The fourth-order valence-electron chi connectivity index (χ4n) is 1.96. The number of hydrogen-bond donors (Lipinski definition) is 2. The fraction of sp³-hybridized carbons (Fsp3) is 0. The number of phenolic OH excluding ortho intramolecular Hbond substituents is 1. The van der Waals surface area contributed by atoms with Gasteiger partial charge in [0.1, 0.15) is 5.75 Å². The molecule has 0 aliphatic rings. The lowest BCUT2D eigenvalue weighted by atomic mass is 10.2. The van der Waals surface area contributed by atoms with E-state index in [2.05, 4.69) is 15.5 Å². The molecule has 3 aromatic rings. The highest BCUT2D eigenvalue weighted by atomic mass is 16.3. The molecule has 1 aromatic heterocycles. The normalized spacial score (nSPS) is 11.0. The molecular weight excluding hydrogens is 250 g/mol. The molecule has 0 saturated carbocycles. The minimum Gasteiger partial charge on any atom is -0.507 e. The van der Waals surface area contributed by atoms with Gasteiger partial charge in [-0.1, -0.05) is 30.3 Å². The molecule has 0 saturated heterocycles. The number of fused-ring (bicyclic) bond motifs is 1. The largest absolute Gasteiger partial charge is 0.507 e. The van der Waals surface area contributed by atoms with Crippen LogP contribution in [-0.2, 0) is 0 Å². The Balaban J connectivity index is 1.86. The third-order valence-electron chi connectivity index (χ3n) is 2.96. The summed E-state index contributed by atoms with van der Waals surface area (Å²) in [5.41, 5.74) is 5.31. The van der Waals surface area contributed by atoms with Crippen LogP contribution in [0.2, 0.25) is 0 Å². The number of anilines is 1. The summed E-state index contributed by atoms with van der Waals surface area (Å²) < 4.78 is 0. The zero-order valence-electron chi connectivity index (χ0n) is 10.7. The first-order valence-corrected chi connectivity index (χ1v) is 6.25. The number of nitrogens with one attached hydrogen (secondary N) is 1. The summed E-state index contributed by atoms with van der Waals surface area (Å²) in [6.07, 6.45) is 3.33. The number of hydrazone groups is 1. The summed E-state index contributed by atoms with van der Waals surface area (Å²) in [7, 11) is 0. The van der Waals surface area contributed by atoms with Crippen LogP contribution in [0.5, 0.6) is 5.75 Å². The Morgan fingerprint density at radius 2 is 1.85 bits per heavy atom. The third kappa shape index (κ3) is 2.44. The SMILES string of the molecule is Oc1ccccc1/C=N/Nc1cccc2cccnc12. The van der Waals surface area contributed by atoms with Gasteiger partial charge in [-0.2, -0.15) is 5.10 Å². The molecule has 4 nitrogen and oxygen atoms in total. The van der Waals surface area contributed by atoms with E-state index in [-0.39, 0.29) is 5.75 Å². The zero-order chi connectivity index (χ0) is 13.8. The highest BCUT2D eigenvalue weighted by Gasteiger charge is 2.00. The number of pyridine rings is 1. The molecule has 0 spiro atoms. The second-order valence-electron chi connectivity index (χ2n) is 4.31. The van der Waals surface area contributed by atoms with E-state index in [0.717, 1.165) is 16.6 Å². The molecule has 0 amide bonds. The Hall–Kier alpha value is -2.88. The van der Waals surface area contributed by atoms with E-state index < -0.39 is 0 Å². The molecule has 2 aromatic carbocycles. The van der Waals surface area contributed by atoms with Crippen LogP contribution < -0.4 is 5.43 Å². The molecule has 20 heavy (non-hydrogen) atoms. The molecule has 0 aliphatic heterocycles. The molecule has 0 atom stereocenters. The number of benzene rings is 2. The number of aromatic nitrogens is 1. The maximum atomic E-state index is 9.65. The van der Waals surface area contributed by atoms with Crippen LogP contribution in [0.25, 0.3) is 10.9 Å². The van der Waals surface area contributed by atoms with Gasteiger partial charge in [0.2, 0.25) is 0 Å². The predicted molar refractivity (Wildman–Crippen MR) is 81.1 cm³/mol. The topological polar surface area (TPSA) is 57.5 Å². The van der Waals surface area contributed by atoms with Crippen molar-refractivity contribution in [1.29, 1.82) is 0 Å². The maximum absolute atomic E-state index is 9.65. The summed E-state index contributed by atoms with van der Waals surface area (Å²) in [6.45, 7) is 0. The Morgan fingerprint density at radius 3 is 2.75 bits per heavy atom. The van der Waals surface area contributed by atoms with Crippen molar-refractivity contribution in [2.24, 2.45) is 5.10 Å². The van der Waals surface area contributed by atoms with Crippen LogP contribution in [-0.4, -0.2) is 16.3 Å². The second kappa shape index (κ2) is 5.40. The fourth-order valence-corrected chi connectivity index (χ4v) is 1.96. The van der Waals surface area contributed by atoms with Crippen molar-refractivity contribution in [1.82, 2.24) is 4.98 Å². The van der Waals surface area contributed by atoms with E-state index in [0.29, 0.717) is 5.56 Å². The summed E-state index contributed by atoms with van der Waals surface area (Å²) >= 11 is 0. The highest BCUT2D eigenvalue weighted by Crippen LogP contribution is 2.20. The van der Waals surface area contributed by atoms with Crippen molar-refractivity contribution in [2.45, 2.75) is 0 Å². The van der Waals surface area contributed by atoms with Crippen molar-refractivity contribution in [3.63, 3.8) is 0 Å². The molecule has 0 bridgehead atoms. The molecule has 4 heteroatoms. The van der Waals surface area contributed by atoms with Crippen molar-refractivity contribution >= 4 is 22.8 Å². The lowest BCUT2D eigenvalue weighted by Gasteiger charge is -2.04. The van der Waals surface area contributed by atoms with Gasteiger partial charge in [0.25, 0.3) is 0 Å². The molecule has 98 valence electrons. The molecule has 0 unspecified atom stereocenters. The summed E-state index contributed by atoms with van der Waals surface area (Å²) in [6, 6.07) is 16.8. The molecule has 0 fully saturated rings. The van der Waals surface area contributed by atoms with Gasteiger partial charge in [0, 0.05) is 17.1 Å². The van der Waals surface area contributed by atoms with Gasteiger partial charge in [-0.3, -0.25) is 10.4 Å². The van der Waals surface area contributed by atoms with E-state index in [1.54, 1.807) is 30.6 Å². The summed E-state index contributed by atoms with van der Waals surface area (Å²) in [5.74, 6) is 0.203. The van der Waals surface area contributed by atoms with E-state index in [4.69, 9.17) is 0 Å². The van der Waals surface area contributed by atoms with Crippen molar-refractivity contribution in [3.8, 4) is 5.75 Å². The Bertz CT molecular complexity index is 763. The van der Waals surface area contributed by atoms with Gasteiger partial charge < -0.3 is 5.11 Å². The molecule has 0 aliphatic carbocycles. The second-order valence-corrected chi connectivity index (χ2v) is 4.31. The van der Waals surface area contributed by atoms with Crippen LogP contribution >= 0.6 is 0 Å². The average molecular weight is 263 g/mol. The zero-order valence-corrected chi connectivity index (χ0v) is 10.7. The Kier molecular flexibility index (Phi) is 3.29. The lowest BCUT2D eigenvalue weighted by molar-refractivity contribution is 0.474. The van der Waals surface area contributed by atoms with Gasteiger partial charge >= 0.3 is 0 Å². The first-order valence-electron chi connectivity index (χ1n) is 6.25. The van der Waals surface area contributed by atoms with Crippen LogP contribution in [0, 0.1) is 0 Å². The van der Waals surface area contributed by atoms with E-state index in [9.17, 15) is 5.11 Å². The summed E-state index contributed by atoms with van der Waals surface area (Å²) in [4.78, 5) is 4.34. The first kappa shape index (κ1) is 12.2. The van der Waals surface area contributed by atoms with Gasteiger partial charge in [-0.05, 0) is 24.3 Å². The van der Waals surface area contributed by atoms with Gasteiger partial charge in [-0.15, -0.1) is 0 Å². The Labute approximate surface area is 116 Å². The number of rotatable bonds is 3. The van der Waals surface area contributed by atoms with E-state index in [1.807, 2.05) is 36.4 Å². The van der Waals surface area contributed by atoms with Crippen molar-refractivity contribution < 1.29 is 5.11 Å². The molecule has 3 rings (SSSR count). The maximum Gasteiger partial charge on any atom is 0.124 e. The summed E-state index contributed by atoms with van der Waals surface area (Å²) in [5, 5.41) is 14.8. The monoisotopic (exact) mass is 263 g/mol. The lowest BCUT2D eigenvalue weighted by Crippen LogP contribution is -1.93. The van der Waals surface area contributed by atoms with Crippen LogP contribution in [0.15, 0.2) is 65.9 Å². The number of para-hydroxylation sites is 2. The minimum atomic E-state index is 0.203. The number of hydrogen-bond acceptors (Lipinski definition) is 4. The van der Waals surface area contributed by atoms with Crippen molar-refractivity contribution in [2.75, 3.05) is 5.43 Å². The average Bonchev–Trinajstić information content (AvgIpc) is 2.49. The van der Waals surface area contributed by atoms with Crippen molar-refractivity contribution in [3.05, 3.63) is 66.4 Å². The molecule has 2 N–H and O–H groups in total. The van der Waals surface area contributed by atoms with Crippen LogP contribution in [0.1, 0.15) is 5.56 Å². The minimum absolute atomic E-state index is 0.203. The quantitative estimate of drug-likeness (QED) is 0.562. The van der Waals surface area contributed by atoms with E-state index >= 15 is 0 Å². The number of phenols is 1. The molecule has 1 heterocycles. The van der Waals surface area contributed by atoms with E-state index in [1.165, 1.54) is 0 Å². The van der Waals surface area contributed by atoms with Gasteiger partial charge in [0.05, 0.1) is 17.4 Å². The number of nitrogens with zero attached hydrogens (tertiary/aromatic N) is 2.